The van der Waals surface area contributed by atoms with Gasteiger partial charge in [0.1, 0.15) is 5.01 Å². The molecule has 1 spiro atoms. The maximum Gasteiger partial charge on any atom is 0.107 e. The minimum atomic E-state index is 0.557. The molecule has 2 fully saturated rings. The Morgan fingerprint density at radius 1 is 1.41 bits per heavy atom. The summed E-state index contributed by atoms with van der Waals surface area (Å²) in [7, 11) is 2.08. The van der Waals surface area contributed by atoms with Gasteiger partial charge in [0.15, 0.2) is 0 Å². The molecule has 6 heteroatoms. The Kier molecular flexibility index (Phi) is 3.76. The van der Waals surface area contributed by atoms with Gasteiger partial charge in [0.05, 0.1) is 18.6 Å². The van der Waals surface area contributed by atoms with Crippen LogP contribution in [0.3, 0.4) is 0 Å². The monoisotopic (exact) mass is 317 g/mol. The largest absolute Gasteiger partial charge is 0.337 e. The zero-order chi connectivity index (χ0) is 15.0. The highest BCUT2D eigenvalue weighted by Gasteiger charge is 2.56. The molecule has 0 unspecified atom stereocenters. The van der Waals surface area contributed by atoms with Crippen molar-refractivity contribution in [3.63, 3.8) is 0 Å². The van der Waals surface area contributed by atoms with Crippen molar-refractivity contribution in [3.8, 4) is 0 Å². The lowest BCUT2D eigenvalue weighted by molar-refractivity contribution is 0.184. The molecule has 1 saturated carbocycles. The van der Waals surface area contributed by atoms with Gasteiger partial charge in [0.2, 0.25) is 0 Å². The zero-order valence-corrected chi connectivity index (χ0v) is 13.9. The van der Waals surface area contributed by atoms with Gasteiger partial charge in [-0.25, -0.2) is 9.97 Å². The van der Waals surface area contributed by atoms with E-state index in [-0.39, 0.29) is 0 Å². The Hall–Kier alpha value is -1.24. The van der Waals surface area contributed by atoms with Crippen LogP contribution in [0.2, 0.25) is 0 Å². The molecule has 0 aromatic carbocycles. The first-order valence-corrected chi connectivity index (χ1v) is 8.93. The molecule has 2 aromatic rings. The highest BCUT2D eigenvalue weighted by molar-refractivity contribution is 7.09. The van der Waals surface area contributed by atoms with E-state index < -0.39 is 0 Å². The summed E-state index contributed by atoms with van der Waals surface area (Å²) in [5, 5.41) is 6.79. The molecule has 3 heterocycles. The molecule has 0 amide bonds. The predicted octanol–water partition coefficient (Wildman–Crippen LogP) is 2.02. The third-order valence-electron chi connectivity index (χ3n) is 5.29. The quantitative estimate of drug-likeness (QED) is 0.916. The predicted molar refractivity (Wildman–Crippen MR) is 87.5 cm³/mol. The van der Waals surface area contributed by atoms with Gasteiger partial charge in [-0.1, -0.05) is 0 Å². The molecule has 1 saturated heterocycles. The molecule has 1 atom stereocenters. The van der Waals surface area contributed by atoms with Crippen molar-refractivity contribution < 1.29 is 0 Å². The number of piperidine rings is 1. The molecule has 4 rings (SSSR count). The first-order valence-electron chi connectivity index (χ1n) is 8.05. The van der Waals surface area contributed by atoms with E-state index in [2.05, 4.69) is 37.2 Å². The second-order valence-electron chi connectivity index (χ2n) is 6.66. The summed E-state index contributed by atoms with van der Waals surface area (Å²) in [6.07, 6.45) is 9.78. The molecule has 1 aliphatic carbocycles. The fourth-order valence-electron chi connectivity index (χ4n) is 3.83. The number of imidazole rings is 1. The van der Waals surface area contributed by atoms with Gasteiger partial charge in [-0.3, -0.25) is 4.90 Å². The first-order chi connectivity index (χ1) is 10.8. The fraction of sp³-hybridized carbons (Fsp3) is 0.625. The summed E-state index contributed by atoms with van der Waals surface area (Å²) < 4.78 is 2.13. The van der Waals surface area contributed by atoms with E-state index in [1.807, 2.05) is 18.7 Å². The highest BCUT2D eigenvalue weighted by Crippen LogP contribution is 2.56. The van der Waals surface area contributed by atoms with Gasteiger partial charge in [0.25, 0.3) is 0 Å². The number of rotatable bonds is 5. The minimum absolute atomic E-state index is 0.557. The molecule has 0 radical (unpaired) electrons. The Morgan fingerprint density at radius 2 is 2.27 bits per heavy atom. The van der Waals surface area contributed by atoms with E-state index in [1.165, 1.54) is 43.1 Å². The van der Waals surface area contributed by atoms with Crippen LogP contribution in [0.25, 0.3) is 0 Å². The maximum atomic E-state index is 4.49. The topological polar surface area (TPSA) is 46.0 Å². The third-order valence-corrected chi connectivity index (χ3v) is 6.05. The fourth-order valence-corrected chi connectivity index (χ4v) is 4.47. The van der Waals surface area contributed by atoms with Gasteiger partial charge < -0.3 is 9.88 Å². The van der Waals surface area contributed by atoms with Gasteiger partial charge in [-0.15, -0.1) is 11.3 Å². The van der Waals surface area contributed by atoms with Crippen LogP contribution in [0.15, 0.2) is 24.1 Å². The van der Waals surface area contributed by atoms with Crippen LogP contribution in [0.1, 0.15) is 30.0 Å². The van der Waals surface area contributed by atoms with Gasteiger partial charge in [-0.05, 0) is 37.8 Å². The smallest absolute Gasteiger partial charge is 0.107 e. The molecule has 22 heavy (non-hydrogen) atoms. The molecule has 1 aliphatic heterocycles. The molecule has 1 N–H and O–H groups in total. The maximum absolute atomic E-state index is 4.49. The lowest BCUT2D eigenvalue weighted by atomic mass is 9.93. The molecule has 0 bridgehead atoms. The van der Waals surface area contributed by atoms with Crippen LogP contribution in [-0.2, 0) is 20.1 Å². The highest BCUT2D eigenvalue weighted by atomic mass is 32.1. The lowest BCUT2D eigenvalue weighted by Crippen LogP contribution is -2.36. The summed E-state index contributed by atoms with van der Waals surface area (Å²) in [6.45, 7) is 4.28. The minimum Gasteiger partial charge on any atom is -0.337 e. The van der Waals surface area contributed by atoms with E-state index in [0.29, 0.717) is 11.5 Å². The van der Waals surface area contributed by atoms with E-state index in [0.717, 1.165) is 13.1 Å². The van der Waals surface area contributed by atoms with Crippen molar-refractivity contribution in [2.75, 3.05) is 13.1 Å². The third kappa shape index (κ3) is 2.71. The van der Waals surface area contributed by atoms with Crippen molar-refractivity contribution in [2.45, 2.75) is 38.4 Å². The van der Waals surface area contributed by atoms with Crippen molar-refractivity contribution in [1.82, 2.24) is 24.8 Å². The zero-order valence-electron chi connectivity index (χ0n) is 13.0. The number of nitrogens with zero attached hydrogens (tertiary/aromatic N) is 4. The van der Waals surface area contributed by atoms with Gasteiger partial charge >= 0.3 is 0 Å². The molecular weight excluding hydrogens is 294 g/mol. The molecule has 2 aromatic heterocycles. The van der Waals surface area contributed by atoms with Crippen molar-refractivity contribution in [3.05, 3.63) is 34.8 Å². The Bertz CT molecular complexity index is 614. The number of aryl methyl sites for hydroxylation is 1. The summed E-state index contributed by atoms with van der Waals surface area (Å²) in [5.74, 6) is 0. The second kappa shape index (κ2) is 5.76. The van der Waals surface area contributed by atoms with Gasteiger partial charge in [-0.2, -0.15) is 0 Å². The Labute approximate surface area is 135 Å². The summed E-state index contributed by atoms with van der Waals surface area (Å²) >= 11 is 1.76. The Morgan fingerprint density at radius 3 is 2.95 bits per heavy atom. The number of thiazole rings is 1. The van der Waals surface area contributed by atoms with Gasteiger partial charge in [0, 0.05) is 37.4 Å². The average molecular weight is 317 g/mol. The SMILES string of the molecule is Cn1cncc1CN(Cc1nccs1)[C@H]1CC12CCNCC2. The van der Waals surface area contributed by atoms with E-state index in [4.69, 9.17) is 0 Å². The second-order valence-corrected chi connectivity index (χ2v) is 7.64. The van der Waals surface area contributed by atoms with Crippen LogP contribution >= 0.6 is 11.3 Å². The Balaban J connectivity index is 1.52. The van der Waals surface area contributed by atoms with Crippen LogP contribution in [0.4, 0.5) is 0 Å². The molecule has 118 valence electrons. The van der Waals surface area contributed by atoms with Crippen molar-refractivity contribution in [2.24, 2.45) is 12.5 Å². The molecule has 5 nitrogen and oxygen atoms in total. The van der Waals surface area contributed by atoms with E-state index in [9.17, 15) is 0 Å². The number of hydrogen-bond acceptors (Lipinski definition) is 5. The van der Waals surface area contributed by atoms with Crippen molar-refractivity contribution in [1.29, 1.82) is 0 Å². The summed E-state index contributed by atoms with van der Waals surface area (Å²) in [4.78, 5) is 11.4. The number of nitrogens with one attached hydrogen (secondary N) is 1. The number of hydrogen-bond donors (Lipinski definition) is 1. The van der Waals surface area contributed by atoms with E-state index in [1.54, 1.807) is 11.3 Å². The van der Waals surface area contributed by atoms with Crippen LogP contribution in [-0.4, -0.2) is 38.6 Å². The normalized spacial score (nSPS) is 23.3. The summed E-state index contributed by atoms with van der Waals surface area (Å²) in [6, 6.07) is 0.702. The molecular formula is C16H23N5S. The number of aromatic nitrogens is 3. The van der Waals surface area contributed by atoms with Crippen LogP contribution < -0.4 is 5.32 Å². The lowest BCUT2D eigenvalue weighted by Gasteiger charge is -2.29. The van der Waals surface area contributed by atoms with Crippen molar-refractivity contribution >= 4 is 11.3 Å². The summed E-state index contributed by atoms with van der Waals surface area (Å²) in [5.41, 5.74) is 1.84. The van der Waals surface area contributed by atoms with E-state index >= 15 is 0 Å². The molecule has 2 aliphatic rings. The average Bonchev–Trinajstić information content (AvgIpc) is 2.90. The van der Waals surface area contributed by atoms with Crippen LogP contribution in [0.5, 0.6) is 0 Å². The standard InChI is InChI=1S/C16H23N5S/c1-20-12-18-9-13(20)10-21(11-15-19-6-7-22-15)14-8-16(14)2-4-17-5-3-16/h6-7,9,12,14,17H,2-5,8,10-11H2,1H3/t14-/m0/s1. The first kappa shape index (κ1) is 14.4. The van der Waals surface area contributed by atoms with Crippen LogP contribution in [0, 0.1) is 5.41 Å².